The molecule has 0 spiro atoms. The van der Waals surface area contributed by atoms with Crippen molar-refractivity contribution in [2.24, 2.45) is 5.73 Å². The van der Waals surface area contributed by atoms with Crippen LogP contribution in [-0.4, -0.2) is 17.1 Å². The maximum absolute atomic E-state index is 10.2. The van der Waals surface area contributed by atoms with Crippen LogP contribution in [0.15, 0.2) is 12.2 Å². The Morgan fingerprint density at radius 1 is 1.11 bits per heavy atom. The smallest absolute Gasteiger partial charge is 0.327 e. The number of hydrogen-bond acceptors (Lipinski definition) is 2. The molecule has 1 unspecified atom stereocenters. The molecule has 0 aliphatic rings. The zero-order valence-corrected chi connectivity index (χ0v) is 11.7. The Morgan fingerprint density at radius 2 is 1.72 bits per heavy atom. The summed E-state index contributed by atoms with van der Waals surface area (Å²) in [7, 11) is 0. The molecule has 0 saturated carbocycles. The fraction of sp³-hybridized carbons (Fsp3) is 0.800. The van der Waals surface area contributed by atoms with Crippen molar-refractivity contribution in [2.75, 3.05) is 0 Å². The van der Waals surface area contributed by atoms with E-state index in [1.54, 1.807) is 6.08 Å². The molecular formula is C15H29NO2. The quantitative estimate of drug-likeness (QED) is 0.411. The topological polar surface area (TPSA) is 63.3 Å². The lowest BCUT2D eigenvalue weighted by molar-refractivity contribution is -0.131. The highest BCUT2D eigenvalue weighted by Crippen LogP contribution is 2.11. The van der Waals surface area contributed by atoms with E-state index in [1.165, 1.54) is 44.6 Å². The summed E-state index contributed by atoms with van der Waals surface area (Å²) in [5.41, 5.74) is 6.00. The van der Waals surface area contributed by atoms with Gasteiger partial charge in [-0.25, -0.2) is 4.79 Å². The van der Waals surface area contributed by atoms with E-state index >= 15 is 0 Å². The summed E-state index contributed by atoms with van der Waals surface area (Å²) in [6, 6.07) is 0.392. The summed E-state index contributed by atoms with van der Waals surface area (Å²) in [6.07, 6.45) is 14.6. The molecule has 3 heteroatoms. The number of rotatable bonds is 12. The number of allylic oxidation sites excluding steroid dienone is 1. The molecule has 18 heavy (non-hydrogen) atoms. The van der Waals surface area contributed by atoms with Gasteiger partial charge in [0.15, 0.2) is 0 Å². The lowest BCUT2D eigenvalue weighted by atomic mass is 10.0. The number of aliphatic carboxylic acids is 1. The van der Waals surface area contributed by atoms with Crippen LogP contribution in [0.25, 0.3) is 0 Å². The Hall–Kier alpha value is -0.830. The highest BCUT2D eigenvalue weighted by molar-refractivity contribution is 5.79. The number of hydrogen-bond donors (Lipinski definition) is 2. The van der Waals surface area contributed by atoms with Crippen LogP contribution in [0.3, 0.4) is 0 Å². The van der Waals surface area contributed by atoms with Gasteiger partial charge in [0.2, 0.25) is 0 Å². The van der Waals surface area contributed by atoms with E-state index in [9.17, 15) is 4.79 Å². The summed E-state index contributed by atoms with van der Waals surface area (Å²) in [5.74, 6) is -0.851. The van der Waals surface area contributed by atoms with Gasteiger partial charge in [-0.2, -0.15) is 0 Å². The third kappa shape index (κ3) is 13.2. The molecule has 0 heterocycles. The zero-order valence-electron chi connectivity index (χ0n) is 11.7. The fourth-order valence-corrected chi connectivity index (χ4v) is 1.99. The largest absolute Gasteiger partial charge is 0.478 e. The predicted octanol–water partition coefficient (Wildman–Crippen LogP) is 3.88. The Kier molecular flexibility index (Phi) is 12.0. The SMILES string of the molecule is CCCCC(N)CCCCCCCC=CC(=O)O. The molecule has 0 aliphatic heterocycles. The van der Waals surface area contributed by atoms with Crippen LogP contribution in [0.4, 0.5) is 0 Å². The monoisotopic (exact) mass is 255 g/mol. The highest BCUT2D eigenvalue weighted by atomic mass is 16.4. The Balaban J connectivity index is 3.18. The van der Waals surface area contributed by atoms with E-state index < -0.39 is 5.97 Å². The second-order valence-electron chi connectivity index (χ2n) is 4.99. The van der Waals surface area contributed by atoms with E-state index in [0.717, 1.165) is 25.7 Å². The summed E-state index contributed by atoms with van der Waals surface area (Å²) >= 11 is 0. The van der Waals surface area contributed by atoms with Crippen LogP contribution in [0.5, 0.6) is 0 Å². The number of carboxylic acid groups (broad SMARTS) is 1. The van der Waals surface area contributed by atoms with Crippen LogP contribution < -0.4 is 5.73 Å². The molecular weight excluding hydrogens is 226 g/mol. The summed E-state index contributed by atoms with van der Waals surface area (Å²) < 4.78 is 0. The normalized spacial score (nSPS) is 13.0. The molecule has 3 nitrogen and oxygen atoms in total. The van der Waals surface area contributed by atoms with Gasteiger partial charge in [0.05, 0.1) is 0 Å². The second-order valence-corrected chi connectivity index (χ2v) is 4.99. The van der Waals surface area contributed by atoms with E-state index in [0.29, 0.717) is 6.04 Å². The lowest BCUT2D eigenvalue weighted by Gasteiger charge is -2.10. The van der Waals surface area contributed by atoms with Crippen molar-refractivity contribution in [2.45, 2.75) is 77.2 Å². The van der Waals surface area contributed by atoms with Crippen LogP contribution in [0.1, 0.15) is 71.1 Å². The first-order valence-corrected chi connectivity index (χ1v) is 7.31. The standard InChI is InChI=1S/C15H29NO2/c1-2-3-11-14(16)12-9-7-5-4-6-8-10-13-15(17)18/h10,13-14H,2-9,11-12,16H2,1H3,(H,17,18). The molecule has 0 fully saturated rings. The summed E-state index contributed by atoms with van der Waals surface area (Å²) in [5, 5.41) is 8.40. The molecule has 0 aromatic carbocycles. The van der Waals surface area contributed by atoms with E-state index in [1.807, 2.05) is 0 Å². The van der Waals surface area contributed by atoms with Crippen molar-refractivity contribution in [1.82, 2.24) is 0 Å². The molecule has 0 saturated heterocycles. The number of carboxylic acids is 1. The minimum Gasteiger partial charge on any atom is -0.478 e. The summed E-state index contributed by atoms with van der Waals surface area (Å²) in [4.78, 5) is 10.2. The number of nitrogens with two attached hydrogens (primary N) is 1. The van der Waals surface area contributed by atoms with Crippen molar-refractivity contribution < 1.29 is 9.90 Å². The first-order chi connectivity index (χ1) is 8.66. The summed E-state index contributed by atoms with van der Waals surface area (Å²) in [6.45, 7) is 2.20. The third-order valence-electron chi connectivity index (χ3n) is 3.13. The van der Waals surface area contributed by atoms with Gasteiger partial charge in [-0.15, -0.1) is 0 Å². The number of unbranched alkanes of at least 4 members (excludes halogenated alkanes) is 6. The van der Waals surface area contributed by atoms with Gasteiger partial charge in [-0.1, -0.05) is 51.5 Å². The van der Waals surface area contributed by atoms with Crippen LogP contribution >= 0.6 is 0 Å². The predicted molar refractivity (Wildman–Crippen MR) is 76.6 cm³/mol. The molecule has 106 valence electrons. The molecule has 1 atom stereocenters. The average Bonchev–Trinajstić information content (AvgIpc) is 2.34. The molecule has 0 aliphatic carbocycles. The molecule has 0 rings (SSSR count). The van der Waals surface area contributed by atoms with Gasteiger partial charge in [0.25, 0.3) is 0 Å². The zero-order chi connectivity index (χ0) is 13.6. The van der Waals surface area contributed by atoms with Gasteiger partial charge in [-0.05, 0) is 25.7 Å². The lowest BCUT2D eigenvalue weighted by Crippen LogP contribution is -2.19. The van der Waals surface area contributed by atoms with Crippen LogP contribution in [0.2, 0.25) is 0 Å². The first-order valence-electron chi connectivity index (χ1n) is 7.31. The van der Waals surface area contributed by atoms with Crippen molar-refractivity contribution in [3.63, 3.8) is 0 Å². The average molecular weight is 255 g/mol. The van der Waals surface area contributed by atoms with E-state index in [-0.39, 0.29) is 0 Å². The minimum atomic E-state index is -0.851. The van der Waals surface area contributed by atoms with Gasteiger partial charge in [-0.3, -0.25) is 0 Å². The maximum atomic E-state index is 10.2. The Labute approximate surface area is 111 Å². The maximum Gasteiger partial charge on any atom is 0.327 e. The molecule has 0 amide bonds. The van der Waals surface area contributed by atoms with Crippen molar-refractivity contribution >= 4 is 5.97 Å². The van der Waals surface area contributed by atoms with Crippen molar-refractivity contribution in [3.8, 4) is 0 Å². The number of carbonyl (C=O) groups is 1. The molecule has 0 aromatic rings. The highest BCUT2D eigenvalue weighted by Gasteiger charge is 2.00. The minimum absolute atomic E-state index is 0.392. The molecule has 0 aromatic heterocycles. The first kappa shape index (κ1) is 17.2. The van der Waals surface area contributed by atoms with E-state index in [4.69, 9.17) is 10.8 Å². The van der Waals surface area contributed by atoms with Gasteiger partial charge in [0, 0.05) is 12.1 Å². The van der Waals surface area contributed by atoms with Crippen molar-refractivity contribution in [3.05, 3.63) is 12.2 Å². The van der Waals surface area contributed by atoms with Gasteiger partial charge >= 0.3 is 5.97 Å². The second kappa shape index (κ2) is 12.6. The molecule has 0 radical (unpaired) electrons. The van der Waals surface area contributed by atoms with Crippen LogP contribution in [0, 0.1) is 0 Å². The fourth-order valence-electron chi connectivity index (χ4n) is 1.99. The third-order valence-corrected chi connectivity index (χ3v) is 3.13. The van der Waals surface area contributed by atoms with Crippen molar-refractivity contribution in [1.29, 1.82) is 0 Å². The van der Waals surface area contributed by atoms with Gasteiger partial charge in [0.1, 0.15) is 0 Å². The van der Waals surface area contributed by atoms with Gasteiger partial charge < -0.3 is 10.8 Å². The molecule has 0 bridgehead atoms. The Bertz CT molecular complexity index is 227. The Morgan fingerprint density at radius 3 is 2.39 bits per heavy atom. The molecule has 3 N–H and O–H groups in total. The van der Waals surface area contributed by atoms with Crippen LogP contribution in [-0.2, 0) is 4.79 Å². The van der Waals surface area contributed by atoms with E-state index in [2.05, 4.69) is 6.92 Å².